The summed E-state index contributed by atoms with van der Waals surface area (Å²) in [5.41, 5.74) is 0.300. The van der Waals surface area contributed by atoms with E-state index in [0.29, 0.717) is 0 Å². The minimum absolute atomic E-state index is 0.0734. The van der Waals surface area contributed by atoms with Gasteiger partial charge in [0, 0.05) is 18.0 Å². The molecule has 1 aromatic carbocycles. The van der Waals surface area contributed by atoms with Crippen LogP contribution in [0.5, 0.6) is 0 Å². The highest BCUT2D eigenvalue weighted by molar-refractivity contribution is 6.01. The Morgan fingerprint density at radius 3 is 2.79 bits per heavy atom. The quantitative estimate of drug-likeness (QED) is 0.764. The van der Waals surface area contributed by atoms with Crippen molar-refractivity contribution in [2.45, 2.75) is 0 Å². The zero-order chi connectivity index (χ0) is 13.4. The third-order valence-electron chi connectivity index (χ3n) is 2.74. The van der Waals surface area contributed by atoms with Crippen LogP contribution in [0, 0.1) is 5.82 Å². The summed E-state index contributed by atoms with van der Waals surface area (Å²) < 4.78 is 15.1. The monoisotopic (exact) mass is 257 g/mol. The van der Waals surface area contributed by atoms with Crippen molar-refractivity contribution in [1.82, 2.24) is 14.6 Å². The number of fused-ring (bicyclic) bond motifs is 1. The average Bonchev–Trinajstić information content (AvgIpc) is 2.78. The molecule has 0 fully saturated rings. The molecule has 0 aliphatic heterocycles. The third kappa shape index (κ3) is 1.74. The van der Waals surface area contributed by atoms with Gasteiger partial charge in [0.25, 0.3) is 0 Å². The van der Waals surface area contributed by atoms with Crippen LogP contribution < -0.4 is 0 Å². The molecule has 0 radical (unpaired) electrons. The molecular weight excluding hydrogens is 249 g/mol. The van der Waals surface area contributed by atoms with Crippen LogP contribution in [0.2, 0.25) is 0 Å². The lowest BCUT2D eigenvalue weighted by Gasteiger charge is -1.99. The summed E-state index contributed by atoms with van der Waals surface area (Å²) >= 11 is 0. The first-order valence-corrected chi connectivity index (χ1v) is 5.50. The van der Waals surface area contributed by atoms with E-state index in [0.717, 1.165) is 0 Å². The van der Waals surface area contributed by atoms with Crippen molar-refractivity contribution in [1.29, 1.82) is 0 Å². The van der Waals surface area contributed by atoms with Gasteiger partial charge in [-0.2, -0.15) is 5.10 Å². The molecule has 0 bridgehead atoms. The van der Waals surface area contributed by atoms with Gasteiger partial charge in [-0.05, 0) is 18.2 Å². The zero-order valence-corrected chi connectivity index (χ0v) is 9.62. The zero-order valence-electron chi connectivity index (χ0n) is 9.62. The van der Waals surface area contributed by atoms with E-state index in [9.17, 15) is 14.3 Å². The first-order chi connectivity index (χ1) is 9.18. The maximum Gasteiger partial charge on any atom is 0.341 e. The first-order valence-electron chi connectivity index (χ1n) is 5.50. The lowest BCUT2D eigenvalue weighted by Crippen LogP contribution is -1.99. The minimum atomic E-state index is -1.19. The normalized spacial score (nSPS) is 10.8. The standard InChI is InChI=1S/C13H8FN3O2/c14-9-5-2-1-4-8(9)11-10(13(18)19)12-15-6-3-7-17(12)16-11/h1-7H,(H,18,19). The number of nitrogens with zero attached hydrogens (tertiary/aromatic N) is 3. The van der Waals surface area contributed by atoms with Crippen molar-refractivity contribution < 1.29 is 14.3 Å². The molecule has 0 spiro atoms. The topological polar surface area (TPSA) is 67.5 Å². The second-order valence-electron chi connectivity index (χ2n) is 3.90. The van der Waals surface area contributed by atoms with E-state index in [1.807, 2.05) is 0 Å². The van der Waals surface area contributed by atoms with Gasteiger partial charge in [-0.3, -0.25) is 0 Å². The smallest absolute Gasteiger partial charge is 0.341 e. The Hall–Kier alpha value is -2.76. The molecule has 0 aliphatic rings. The molecule has 2 aromatic heterocycles. The van der Waals surface area contributed by atoms with Gasteiger partial charge in [-0.15, -0.1) is 0 Å². The van der Waals surface area contributed by atoms with Gasteiger partial charge in [-0.25, -0.2) is 18.7 Å². The van der Waals surface area contributed by atoms with E-state index in [-0.39, 0.29) is 22.5 Å². The van der Waals surface area contributed by atoms with Crippen LogP contribution in [-0.2, 0) is 0 Å². The fourth-order valence-electron chi connectivity index (χ4n) is 1.93. The Bertz CT molecular complexity index is 782. The molecule has 0 amide bonds. The Morgan fingerprint density at radius 1 is 1.26 bits per heavy atom. The van der Waals surface area contributed by atoms with Gasteiger partial charge in [0.2, 0.25) is 0 Å². The second-order valence-corrected chi connectivity index (χ2v) is 3.90. The van der Waals surface area contributed by atoms with Crippen molar-refractivity contribution in [2.24, 2.45) is 0 Å². The van der Waals surface area contributed by atoms with Crippen molar-refractivity contribution in [3.63, 3.8) is 0 Å². The SMILES string of the molecule is O=C(O)c1c(-c2ccccc2F)nn2cccnc12. The molecule has 0 atom stereocenters. The molecule has 6 heteroatoms. The molecule has 5 nitrogen and oxygen atoms in total. The maximum atomic E-state index is 13.8. The summed E-state index contributed by atoms with van der Waals surface area (Å²) in [5, 5.41) is 13.4. The van der Waals surface area contributed by atoms with Gasteiger partial charge < -0.3 is 5.11 Å². The maximum absolute atomic E-state index is 13.8. The summed E-state index contributed by atoms with van der Waals surface area (Å²) in [6, 6.07) is 7.54. The number of carboxylic acids is 1. The minimum Gasteiger partial charge on any atom is -0.477 e. The van der Waals surface area contributed by atoms with Gasteiger partial charge in [-0.1, -0.05) is 12.1 Å². The second kappa shape index (κ2) is 4.16. The van der Waals surface area contributed by atoms with Gasteiger partial charge >= 0.3 is 5.97 Å². The molecule has 0 unspecified atom stereocenters. The third-order valence-corrected chi connectivity index (χ3v) is 2.74. The van der Waals surface area contributed by atoms with Crippen LogP contribution in [0.25, 0.3) is 16.9 Å². The Kier molecular flexibility index (Phi) is 2.49. The summed E-state index contributed by atoms with van der Waals surface area (Å²) in [6.07, 6.45) is 3.04. The van der Waals surface area contributed by atoms with Crippen LogP contribution in [0.1, 0.15) is 10.4 Å². The highest BCUT2D eigenvalue weighted by Crippen LogP contribution is 2.27. The summed E-state index contributed by atoms with van der Waals surface area (Å²) in [5.74, 6) is -1.71. The molecule has 3 aromatic rings. The van der Waals surface area contributed by atoms with Crippen molar-refractivity contribution in [3.05, 3.63) is 54.1 Å². The molecular formula is C13H8FN3O2. The van der Waals surface area contributed by atoms with Gasteiger partial charge in [0.15, 0.2) is 5.65 Å². The molecule has 0 aliphatic carbocycles. The summed E-state index contributed by atoms with van der Waals surface area (Å²) in [7, 11) is 0. The Labute approximate surface area is 107 Å². The summed E-state index contributed by atoms with van der Waals surface area (Å²) in [4.78, 5) is 15.3. The highest BCUT2D eigenvalue weighted by atomic mass is 19.1. The molecule has 1 N–H and O–H groups in total. The summed E-state index contributed by atoms with van der Waals surface area (Å²) in [6.45, 7) is 0. The first kappa shape index (κ1) is 11.3. The van der Waals surface area contributed by atoms with Crippen molar-refractivity contribution in [3.8, 4) is 11.3 Å². The lowest BCUT2D eigenvalue weighted by molar-refractivity contribution is 0.0699. The molecule has 2 heterocycles. The number of halogens is 1. The number of rotatable bonds is 2. The van der Waals surface area contributed by atoms with Gasteiger partial charge in [0.1, 0.15) is 17.1 Å². The Balaban J connectivity index is 2.38. The van der Waals surface area contributed by atoms with E-state index in [1.165, 1.54) is 28.9 Å². The Morgan fingerprint density at radius 2 is 2.05 bits per heavy atom. The fourth-order valence-corrected chi connectivity index (χ4v) is 1.93. The van der Waals surface area contributed by atoms with Crippen molar-refractivity contribution >= 4 is 11.6 Å². The molecule has 19 heavy (non-hydrogen) atoms. The lowest BCUT2D eigenvalue weighted by atomic mass is 10.1. The van der Waals surface area contributed by atoms with Crippen molar-refractivity contribution in [2.75, 3.05) is 0 Å². The van der Waals surface area contributed by atoms with Crippen LogP contribution in [0.4, 0.5) is 4.39 Å². The van der Waals surface area contributed by atoms with Gasteiger partial charge in [0.05, 0.1) is 0 Å². The number of hydrogen-bond donors (Lipinski definition) is 1. The van der Waals surface area contributed by atoms with E-state index < -0.39 is 11.8 Å². The number of carbonyl (C=O) groups is 1. The highest BCUT2D eigenvalue weighted by Gasteiger charge is 2.22. The number of hydrogen-bond acceptors (Lipinski definition) is 3. The van der Waals surface area contributed by atoms with Crippen LogP contribution in [0.3, 0.4) is 0 Å². The van der Waals surface area contributed by atoms with Crippen LogP contribution in [-0.4, -0.2) is 25.7 Å². The molecule has 3 rings (SSSR count). The van der Waals surface area contributed by atoms with E-state index in [4.69, 9.17) is 0 Å². The largest absolute Gasteiger partial charge is 0.477 e. The number of carboxylic acid groups (broad SMARTS) is 1. The number of aromatic carboxylic acids is 1. The average molecular weight is 257 g/mol. The van der Waals surface area contributed by atoms with E-state index in [2.05, 4.69) is 10.1 Å². The fraction of sp³-hybridized carbons (Fsp3) is 0. The van der Waals surface area contributed by atoms with Crippen LogP contribution >= 0.6 is 0 Å². The number of benzene rings is 1. The molecule has 0 saturated carbocycles. The van der Waals surface area contributed by atoms with E-state index in [1.54, 1.807) is 18.3 Å². The molecule has 0 saturated heterocycles. The van der Waals surface area contributed by atoms with E-state index >= 15 is 0 Å². The molecule has 94 valence electrons. The predicted molar refractivity (Wildman–Crippen MR) is 65.3 cm³/mol. The van der Waals surface area contributed by atoms with Crippen LogP contribution in [0.15, 0.2) is 42.7 Å². The predicted octanol–water partition coefficient (Wildman–Crippen LogP) is 2.23. The number of aromatic nitrogens is 3.